The number of hydrogen-bond acceptors (Lipinski definition) is 5. The van der Waals surface area contributed by atoms with E-state index in [0.717, 1.165) is 30.5 Å². The summed E-state index contributed by atoms with van der Waals surface area (Å²) in [4.78, 5) is 14.4. The van der Waals surface area contributed by atoms with Crippen LogP contribution in [0.3, 0.4) is 0 Å². The normalized spacial score (nSPS) is 17.3. The largest absolute Gasteiger partial charge is 0.478 e. The number of nitrogens with zero attached hydrogens (tertiary/aromatic N) is 1. The lowest BCUT2D eigenvalue weighted by Gasteiger charge is -2.22. The number of hydrogen-bond donors (Lipinski definition) is 2. The Balaban J connectivity index is 2.12. The quantitative estimate of drug-likeness (QED) is 0.859. The van der Waals surface area contributed by atoms with Crippen LogP contribution in [0.4, 0.5) is 0 Å². The topological polar surface area (TPSA) is 96.4 Å². The highest BCUT2D eigenvalue weighted by Crippen LogP contribution is 2.18. The summed E-state index contributed by atoms with van der Waals surface area (Å²) >= 11 is 1.81. The number of pyridine rings is 1. The zero-order chi connectivity index (χ0) is 13.9. The van der Waals surface area contributed by atoms with Gasteiger partial charge in [-0.2, -0.15) is 11.8 Å². The van der Waals surface area contributed by atoms with Crippen LogP contribution in [0.1, 0.15) is 23.2 Å². The monoisotopic (exact) mass is 302 g/mol. The number of carboxylic acids is 1. The van der Waals surface area contributed by atoms with Crippen LogP contribution < -0.4 is 4.72 Å². The summed E-state index contributed by atoms with van der Waals surface area (Å²) in [5.74, 6) is 0.755. The highest BCUT2D eigenvalue weighted by molar-refractivity contribution is 7.99. The molecule has 104 valence electrons. The average molecular weight is 302 g/mol. The number of aromatic nitrogens is 1. The summed E-state index contributed by atoms with van der Waals surface area (Å²) < 4.78 is 26.7. The minimum Gasteiger partial charge on any atom is -0.478 e. The molecule has 1 fully saturated rings. The van der Waals surface area contributed by atoms with Crippen molar-refractivity contribution in [3.63, 3.8) is 0 Å². The molecule has 0 saturated carbocycles. The molecule has 0 bridgehead atoms. The minimum atomic E-state index is -3.67. The van der Waals surface area contributed by atoms with Crippen molar-refractivity contribution >= 4 is 27.8 Å². The Bertz CT molecular complexity index is 551. The van der Waals surface area contributed by atoms with Crippen LogP contribution in [0.25, 0.3) is 0 Å². The number of nitrogens with one attached hydrogen (secondary N) is 1. The first-order valence-electron chi connectivity index (χ1n) is 5.78. The van der Waals surface area contributed by atoms with Crippen LogP contribution in [0.2, 0.25) is 0 Å². The highest BCUT2D eigenvalue weighted by Gasteiger charge is 2.23. The van der Waals surface area contributed by atoms with E-state index >= 15 is 0 Å². The van der Waals surface area contributed by atoms with Gasteiger partial charge in [0.05, 0.1) is 5.56 Å². The lowest BCUT2D eigenvalue weighted by molar-refractivity contribution is 0.0696. The number of aromatic carboxylic acids is 1. The summed E-state index contributed by atoms with van der Waals surface area (Å²) in [7, 11) is -3.67. The molecule has 0 atom stereocenters. The Hall–Kier alpha value is -1.12. The molecule has 0 amide bonds. The first kappa shape index (κ1) is 14.3. The molecule has 8 heteroatoms. The molecule has 6 nitrogen and oxygen atoms in total. The van der Waals surface area contributed by atoms with Gasteiger partial charge in [-0.05, 0) is 36.5 Å². The standard InChI is InChI=1S/C11H14N2O4S2/c14-11(15)8-1-2-10(12-7-8)19(16,17)13-9-3-5-18-6-4-9/h1-2,7,9,13H,3-6H2,(H,14,15). The molecule has 1 saturated heterocycles. The van der Waals surface area contributed by atoms with Gasteiger partial charge in [-0.1, -0.05) is 0 Å². The van der Waals surface area contributed by atoms with Crippen LogP contribution in [0.15, 0.2) is 23.4 Å². The molecule has 1 aromatic heterocycles. The van der Waals surface area contributed by atoms with Crippen molar-refractivity contribution in [2.75, 3.05) is 11.5 Å². The first-order valence-corrected chi connectivity index (χ1v) is 8.42. The predicted molar refractivity (Wildman–Crippen MR) is 71.9 cm³/mol. The predicted octanol–water partition coefficient (Wildman–Crippen LogP) is 0.954. The van der Waals surface area contributed by atoms with Crippen molar-refractivity contribution in [2.24, 2.45) is 0 Å². The molecule has 2 rings (SSSR count). The summed E-state index contributed by atoms with van der Waals surface area (Å²) in [6, 6.07) is 2.39. The third-order valence-electron chi connectivity index (χ3n) is 2.80. The molecular formula is C11H14N2O4S2. The van der Waals surface area contributed by atoms with Crippen LogP contribution >= 0.6 is 11.8 Å². The van der Waals surface area contributed by atoms with E-state index in [4.69, 9.17) is 5.11 Å². The number of sulfonamides is 1. The Kier molecular flexibility index (Phi) is 4.43. The lowest BCUT2D eigenvalue weighted by atomic mass is 10.2. The van der Waals surface area contributed by atoms with E-state index in [0.29, 0.717) is 0 Å². The molecule has 2 heterocycles. The van der Waals surface area contributed by atoms with Crippen molar-refractivity contribution < 1.29 is 18.3 Å². The van der Waals surface area contributed by atoms with E-state index in [1.165, 1.54) is 12.1 Å². The Morgan fingerprint density at radius 3 is 2.58 bits per heavy atom. The fourth-order valence-corrected chi connectivity index (χ4v) is 4.10. The second kappa shape index (κ2) is 5.89. The molecule has 0 spiro atoms. The Morgan fingerprint density at radius 2 is 2.05 bits per heavy atom. The summed E-state index contributed by atoms with van der Waals surface area (Å²) in [5.41, 5.74) is -0.0342. The van der Waals surface area contributed by atoms with Gasteiger partial charge in [0.2, 0.25) is 0 Å². The number of thioether (sulfide) groups is 1. The second-order valence-electron chi connectivity index (χ2n) is 4.20. The third-order valence-corrected chi connectivity index (χ3v) is 5.29. The Morgan fingerprint density at radius 1 is 1.37 bits per heavy atom. The molecule has 19 heavy (non-hydrogen) atoms. The van der Waals surface area contributed by atoms with Gasteiger partial charge in [0, 0.05) is 12.2 Å². The molecule has 0 unspecified atom stereocenters. The zero-order valence-electron chi connectivity index (χ0n) is 10.1. The number of rotatable bonds is 4. The van der Waals surface area contributed by atoms with Gasteiger partial charge >= 0.3 is 5.97 Å². The molecule has 2 N–H and O–H groups in total. The molecule has 1 aliphatic heterocycles. The zero-order valence-corrected chi connectivity index (χ0v) is 11.7. The molecule has 0 radical (unpaired) electrons. The van der Waals surface area contributed by atoms with E-state index in [1.54, 1.807) is 0 Å². The maximum Gasteiger partial charge on any atom is 0.337 e. The average Bonchev–Trinajstić information content (AvgIpc) is 2.39. The van der Waals surface area contributed by atoms with Gasteiger partial charge in [-0.3, -0.25) is 0 Å². The molecule has 1 aromatic rings. The smallest absolute Gasteiger partial charge is 0.337 e. The summed E-state index contributed by atoms with van der Waals surface area (Å²) in [5, 5.41) is 8.59. The number of carbonyl (C=O) groups is 1. The summed E-state index contributed by atoms with van der Waals surface area (Å²) in [6.45, 7) is 0. The van der Waals surface area contributed by atoms with Crippen LogP contribution in [0.5, 0.6) is 0 Å². The Labute approximate surface area is 115 Å². The van der Waals surface area contributed by atoms with Crippen molar-refractivity contribution in [1.29, 1.82) is 0 Å². The van der Waals surface area contributed by atoms with Gasteiger partial charge in [0.25, 0.3) is 10.0 Å². The summed E-state index contributed by atoms with van der Waals surface area (Å²) in [6.07, 6.45) is 2.65. The lowest BCUT2D eigenvalue weighted by Crippen LogP contribution is -2.37. The van der Waals surface area contributed by atoms with E-state index in [9.17, 15) is 13.2 Å². The van der Waals surface area contributed by atoms with E-state index in [-0.39, 0.29) is 16.6 Å². The van der Waals surface area contributed by atoms with Crippen molar-refractivity contribution in [2.45, 2.75) is 23.9 Å². The van der Waals surface area contributed by atoms with Gasteiger partial charge < -0.3 is 5.11 Å². The third kappa shape index (κ3) is 3.68. The SMILES string of the molecule is O=C(O)c1ccc(S(=O)(=O)NC2CCSCC2)nc1. The first-order chi connectivity index (χ1) is 8.99. The fraction of sp³-hybridized carbons (Fsp3) is 0.455. The van der Waals surface area contributed by atoms with Crippen molar-refractivity contribution in [1.82, 2.24) is 9.71 Å². The molecule has 0 aromatic carbocycles. The van der Waals surface area contributed by atoms with E-state index in [2.05, 4.69) is 9.71 Å². The second-order valence-corrected chi connectivity index (χ2v) is 7.08. The molecule has 0 aliphatic carbocycles. The van der Waals surface area contributed by atoms with Crippen LogP contribution in [-0.2, 0) is 10.0 Å². The highest BCUT2D eigenvalue weighted by atomic mass is 32.2. The fourth-order valence-electron chi connectivity index (χ4n) is 1.76. The van der Waals surface area contributed by atoms with Gasteiger partial charge in [0.15, 0.2) is 5.03 Å². The van der Waals surface area contributed by atoms with Crippen LogP contribution in [0, 0.1) is 0 Å². The van der Waals surface area contributed by atoms with E-state index < -0.39 is 16.0 Å². The van der Waals surface area contributed by atoms with Crippen LogP contribution in [-0.4, -0.2) is 42.0 Å². The van der Waals surface area contributed by atoms with Crippen molar-refractivity contribution in [3.8, 4) is 0 Å². The molecule has 1 aliphatic rings. The van der Waals surface area contributed by atoms with Gasteiger partial charge in [-0.15, -0.1) is 0 Å². The maximum atomic E-state index is 12.1. The number of carboxylic acid groups (broad SMARTS) is 1. The maximum absolute atomic E-state index is 12.1. The van der Waals surface area contributed by atoms with E-state index in [1.807, 2.05) is 11.8 Å². The minimum absolute atomic E-state index is 0.0342. The molecular weight excluding hydrogens is 288 g/mol. The van der Waals surface area contributed by atoms with Gasteiger partial charge in [-0.25, -0.2) is 22.9 Å². The van der Waals surface area contributed by atoms with Crippen molar-refractivity contribution in [3.05, 3.63) is 23.9 Å². The van der Waals surface area contributed by atoms with Gasteiger partial charge in [0.1, 0.15) is 0 Å².